The zero-order chi connectivity index (χ0) is 53.1. The van der Waals surface area contributed by atoms with E-state index in [1.54, 1.807) is 48.6 Å². The van der Waals surface area contributed by atoms with Gasteiger partial charge in [0, 0.05) is 37.6 Å². The average Bonchev–Trinajstić information content (AvgIpc) is 4.08. The van der Waals surface area contributed by atoms with Gasteiger partial charge >= 0.3 is 0 Å². The number of hydrogen-bond acceptors (Lipinski definition) is 9. The Morgan fingerprint density at radius 2 is 0.753 bits per heavy atom. The maximum atomic E-state index is 14.4. The highest BCUT2D eigenvalue weighted by Crippen LogP contribution is 2.66. The van der Waals surface area contributed by atoms with Crippen molar-refractivity contribution in [3.8, 4) is 39.1 Å². The number of thiophene rings is 2. The first-order valence-electron chi connectivity index (χ1n) is 25.3. The van der Waals surface area contributed by atoms with Gasteiger partial charge in [-0.05, 0) is 126 Å². The molecule has 4 aliphatic rings. The van der Waals surface area contributed by atoms with Crippen LogP contribution in [0, 0.1) is 61.7 Å². The number of carbonyl (C=O) groups excluding carboxylic acids is 2. The van der Waals surface area contributed by atoms with Crippen molar-refractivity contribution in [1.29, 1.82) is 15.8 Å². The highest BCUT2D eigenvalue weighted by Gasteiger charge is 2.53. The zero-order valence-corrected chi connectivity index (χ0v) is 44.2. The molecule has 0 spiro atoms. The van der Waals surface area contributed by atoms with E-state index in [1.807, 2.05) is 30.3 Å². The number of carbonyl (C=O) groups is 2. The van der Waals surface area contributed by atoms with Gasteiger partial charge in [-0.2, -0.15) is 15.8 Å². The van der Waals surface area contributed by atoms with E-state index in [2.05, 4.69) is 155 Å². The van der Waals surface area contributed by atoms with Gasteiger partial charge in [-0.25, -0.2) is 9.98 Å². The third-order valence-corrected chi connectivity index (χ3v) is 18.0. The monoisotopic (exact) mass is 1030 g/mol. The van der Waals surface area contributed by atoms with E-state index < -0.39 is 10.8 Å². The predicted molar refractivity (Wildman–Crippen MR) is 308 cm³/mol. The van der Waals surface area contributed by atoms with Crippen LogP contribution < -0.4 is 0 Å². The van der Waals surface area contributed by atoms with Crippen molar-refractivity contribution in [3.05, 3.63) is 270 Å². The number of allylic oxidation sites excluding steroid dienone is 4. The normalized spacial score (nSPS) is 16.5. The number of nitriles is 3. The standard InChI is InChI=1S/C68H43N5O2S2/c1-37-14-22-43(23-15-37)67(44-24-16-38(2)17-25-44)53-31-52-54(30-51(53)65-55(67)32-57(76-65)72-61-59(41(5)34-69)47-10-6-8-12-49(47)63(61)74)68(45-26-18-39(3)19-27-45,46-28-20-40(4)21-29-46)56-33-58(77-66(52)56)73-62-60(42(35-70)36-71)48-11-7-9-13-50(48)64(62)75/h6-33H,1-5H3. The molecule has 7 aromatic carbocycles. The summed E-state index contributed by atoms with van der Waals surface area (Å²) in [6, 6.07) is 65.0. The van der Waals surface area contributed by atoms with Crippen molar-refractivity contribution < 1.29 is 9.59 Å². The lowest BCUT2D eigenvalue weighted by Crippen LogP contribution is -2.30. The Balaban J connectivity index is 1.13. The minimum Gasteiger partial charge on any atom is -0.287 e. The molecule has 0 radical (unpaired) electrons. The number of hydrogen-bond donors (Lipinski definition) is 0. The maximum absolute atomic E-state index is 14.4. The van der Waals surface area contributed by atoms with Crippen LogP contribution in [0.4, 0.5) is 10.0 Å². The van der Waals surface area contributed by atoms with Crippen LogP contribution in [-0.4, -0.2) is 23.0 Å². The molecule has 9 aromatic rings. The molecule has 0 saturated carbocycles. The Morgan fingerprint density at radius 3 is 1.10 bits per heavy atom. The summed E-state index contributed by atoms with van der Waals surface area (Å²) in [5, 5.41) is 32.0. The summed E-state index contributed by atoms with van der Waals surface area (Å²) in [6.45, 7) is 10.1. The van der Waals surface area contributed by atoms with E-state index >= 15 is 0 Å². The Morgan fingerprint density at radius 1 is 0.416 bits per heavy atom. The Kier molecular flexibility index (Phi) is 10.8. The maximum Gasteiger partial charge on any atom is 0.212 e. The smallest absolute Gasteiger partial charge is 0.212 e. The molecule has 0 unspecified atom stereocenters. The summed E-state index contributed by atoms with van der Waals surface area (Å²) in [5.74, 6) is -0.541. The minimum atomic E-state index is -0.891. The number of Topliss-reactive ketones (excluding diaryl/α,β-unsaturated/α-hetero) is 2. The van der Waals surface area contributed by atoms with Gasteiger partial charge < -0.3 is 0 Å². The second-order valence-corrected chi connectivity index (χ2v) is 22.4. The van der Waals surface area contributed by atoms with Gasteiger partial charge in [-0.3, -0.25) is 9.59 Å². The fourth-order valence-corrected chi connectivity index (χ4v) is 14.5. The fraction of sp³-hybridized carbons (Fsp3) is 0.103. The molecule has 2 aromatic heterocycles. The molecule has 0 bridgehead atoms. The number of nitrogens with zero attached hydrogens (tertiary/aromatic N) is 5. The van der Waals surface area contributed by atoms with Crippen molar-refractivity contribution in [2.75, 3.05) is 0 Å². The zero-order valence-electron chi connectivity index (χ0n) is 42.5. The summed E-state index contributed by atoms with van der Waals surface area (Å²) in [4.78, 5) is 41.2. The second kappa shape index (κ2) is 17.6. The topological polar surface area (TPSA) is 130 Å². The van der Waals surface area contributed by atoms with Gasteiger partial charge in [0.15, 0.2) is 0 Å². The van der Waals surface area contributed by atoms with Crippen LogP contribution in [0.5, 0.6) is 0 Å². The van der Waals surface area contributed by atoms with Crippen LogP contribution >= 0.6 is 22.7 Å². The molecule has 364 valence electrons. The molecule has 2 heterocycles. The van der Waals surface area contributed by atoms with E-state index in [0.717, 1.165) is 87.6 Å². The molecule has 0 aliphatic heterocycles. The van der Waals surface area contributed by atoms with Crippen molar-refractivity contribution in [2.24, 2.45) is 9.98 Å². The van der Waals surface area contributed by atoms with Gasteiger partial charge in [0.25, 0.3) is 0 Å². The lowest BCUT2D eigenvalue weighted by Gasteiger charge is -2.35. The number of ketones is 2. The Labute approximate surface area is 454 Å². The lowest BCUT2D eigenvalue weighted by atomic mass is 9.66. The molecule has 0 amide bonds. The summed E-state index contributed by atoms with van der Waals surface area (Å²) in [5.41, 5.74) is 16.8. The van der Waals surface area contributed by atoms with Gasteiger partial charge in [-0.15, -0.1) is 22.7 Å². The van der Waals surface area contributed by atoms with Crippen LogP contribution in [0.1, 0.15) is 106 Å². The molecular formula is C68H43N5O2S2. The number of rotatable bonds is 6. The molecule has 7 nitrogen and oxygen atoms in total. The average molecular weight is 1030 g/mol. The van der Waals surface area contributed by atoms with Crippen LogP contribution in [0.15, 0.2) is 191 Å². The first-order valence-corrected chi connectivity index (χ1v) is 26.9. The molecule has 13 rings (SSSR count). The van der Waals surface area contributed by atoms with Crippen LogP contribution in [0.25, 0.3) is 32.0 Å². The Bertz CT molecular complexity index is 4260. The van der Waals surface area contributed by atoms with E-state index in [-0.39, 0.29) is 34.1 Å². The largest absolute Gasteiger partial charge is 0.287 e. The summed E-state index contributed by atoms with van der Waals surface area (Å²) >= 11 is 3.06. The molecule has 0 atom stereocenters. The van der Waals surface area contributed by atoms with E-state index in [1.165, 1.54) is 11.3 Å². The van der Waals surface area contributed by atoms with E-state index in [0.29, 0.717) is 43.4 Å². The van der Waals surface area contributed by atoms with Crippen LogP contribution in [0.3, 0.4) is 0 Å². The quantitative estimate of drug-likeness (QED) is 0.153. The number of benzene rings is 7. The van der Waals surface area contributed by atoms with Crippen molar-refractivity contribution >= 4 is 66.8 Å². The van der Waals surface area contributed by atoms with Gasteiger partial charge in [0.2, 0.25) is 11.6 Å². The molecule has 4 aliphatic carbocycles. The third-order valence-electron chi connectivity index (χ3n) is 15.9. The van der Waals surface area contributed by atoms with Crippen molar-refractivity contribution in [2.45, 2.75) is 45.4 Å². The van der Waals surface area contributed by atoms with Crippen LogP contribution in [-0.2, 0) is 10.8 Å². The van der Waals surface area contributed by atoms with E-state index in [4.69, 9.17) is 9.98 Å². The van der Waals surface area contributed by atoms with Crippen molar-refractivity contribution in [3.63, 3.8) is 0 Å². The summed E-state index contributed by atoms with van der Waals surface area (Å²) in [7, 11) is 0. The van der Waals surface area contributed by atoms with Gasteiger partial charge in [0.1, 0.15) is 39.1 Å². The molecule has 77 heavy (non-hydrogen) atoms. The number of aliphatic imine (C=N–C) groups is 2. The SMILES string of the molecule is CC(C#N)=C1C(=Nc2cc3c(s2)-c2cc4c(cc2C3(c2ccc(C)cc2)c2ccc(C)cc2)-c2sc(N=C3C(=O)c5ccccc5C3=C(C#N)C#N)cc2C4(c2ccc(C)cc2)c2ccc(C)cc2)C(=O)c2ccccc21. The third kappa shape index (κ3) is 6.76. The Hall–Kier alpha value is -9.43. The molecule has 0 fully saturated rings. The highest BCUT2D eigenvalue weighted by molar-refractivity contribution is 7.20. The van der Waals surface area contributed by atoms with E-state index in [9.17, 15) is 25.4 Å². The predicted octanol–water partition coefficient (Wildman–Crippen LogP) is 15.8. The molecule has 9 heteroatoms. The molecule has 0 saturated heterocycles. The number of aryl methyl sites for hydroxylation is 4. The molecular weight excluding hydrogens is 983 g/mol. The molecule has 0 N–H and O–H groups in total. The minimum absolute atomic E-state index is 0.0739. The van der Waals surface area contributed by atoms with Gasteiger partial charge in [-0.1, -0.05) is 168 Å². The van der Waals surface area contributed by atoms with Crippen molar-refractivity contribution in [1.82, 2.24) is 0 Å². The lowest BCUT2D eigenvalue weighted by molar-refractivity contribution is 0.106. The first kappa shape index (κ1) is 47.3. The van der Waals surface area contributed by atoms with Crippen LogP contribution in [0.2, 0.25) is 0 Å². The highest BCUT2D eigenvalue weighted by atomic mass is 32.1. The summed E-state index contributed by atoms with van der Waals surface area (Å²) in [6.07, 6.45) is 0. The number of fused-ring (bicyclic) bond motifs is 8. The first-order chi connectivity index (χ1) is 37.4. The summed E-state index contributed by atoms with van der Waals surface area (Å²) < 4.78 is 0. The second-order valence-electron chi connectivity index (χ2n) is 20.3. The van der Waals surface area contributed by atoms with Gasteiger partial charge in [0.05, 0.1) is 16.9 Å². The fourth-order valence-electron chi connectivity index (χ4n) is 12.3.